The lowest BCUT2D eigenvalue weighted by Gasteiger charge is -2.14. The van der Waals surface area contributed by atoms with E-state index in [2.05, 4.69) is 0 Å². The van der Waals surface area contributed by atoms with Crippen molar-refractivity contribution in [2.45, 2.75) is 19.7 Å². The van der Waals surface area contributed by atoms with Crippen molar-refractivity contribution in [1.82, 2.24) is 0 Å². The molecule has 2 aromatic rings. The van der Waals surface area contributed by atoms with Gasteiger partial charge in [0.2, 0.25) is 0 Å². The number of ether oxygens (including phenoxy) is 1. The lowest BCUT2D eigenvalue weighted by atomic mass is 10.1. The summed E-state index contributed by atoms with van der Waals surface area (Å²) >= 11 is 0. The summed E-state index contributed by atoms with van der Waals surface area (Å²) < 4.78 is 44.1. The van der Waals surface area contributed by atoms with Crippen LogP contribution in [0.4, 0.5) is 13.2 Å². The average Bonchev–Trinajstić information content (AvgIpc) is 2.45. The van der Waals surface area contributed by atoms with E-state index >= 15 is 0 Å². The van der Waals surface area contributed by atoms with Gasteiger partial charge in [-0.25, -0.2) is 0 Å². The number of carbonyl (C=O) groups is 1. The average molecular weight is 294 g/mol. The van der Waals surface area contributed by atoms with E-state index < -0.39 is 11.7 Å². The van der Waals surface area contributed by atoms with Crippen LogP contribution < -0.4 is 4.74 Å². The Balaban J connectivity index is 2.23. The number of aldehydes is 1. The Morgan fingerprint density at radius 2 is 1.76 bits per heavy atom. The van der Waals surface area contributed by atoms with Crippen molar-refractivity contribution in [2.75, 3.05) is 0 Å². The van der Waals surface area contributed by atoms with Gasteiger partial charge in [0.1, 0.15) is 18.6 Å². The summed E-state index contributed by atoms with van der Waals surface area (Å²) in [5, 5.41) is 0. The summed E-state index contributed by atoms with van der Waals surface area (Å²) in [5.41, 5.74) is 0.850. The molecule has 110 valence electrons. The number of halogens is 3. The lowest BCUT2D eigenvalue weighted by Crippen LogP contribution is -2.09. The molecule has 0 aliphatic heterocycles. The molecule has 0 saturated carbocycles. The molecular formula is C16H13F3O2. The van der Waals surface area contributed by atoms with E-state index in [4.69, 9.17) is 4.74 Å². The van der Waals surface area contributed by atoms with Gasteiger partial charge in [-0.15, -0.1) is 0 Å². The van der Waals surface area contributed by atoms with Crippen molar-refractivity contribution in [3.63, 3.8) is 0 Å². The summed E-state index contributed by atoms with van der Waals surface area (Å²) in [6, 6.07) is 10.6. The zero-order chi connectivity index (χ0) is 15.5. The highest BCUT2D eigenvalue weighted by atomic mass is 19.4. The van der Waals surface area contributed by atoms with E-state index in [0.29, 0.717) is 6.29 Å². The van der Waals surface area contributed by atoms with Gasteiger partial charge in [-0.2, -0.15) is 13.2 Å². The van der Waals surface area contributed by atoms with Crippen molar-refractivity contribution >= 4 is 6.29 Å². The highest BCUT2D eigenvalue weighted by molar-refractivity contribution is 5.75. The molecule has 21 heavy (non-hydrogen) atoms. The van der Waals surface area contributed by atoms with Gasteiger partial charge < -0.3 is 4.74 Å². The van der Waals surface area contributed by atoms with Crippen LogP contribution in [-0.4, -0.2) is 6.29 Å². The molecule has 0 aromatic heterocycles. The smallest absolute Gasteiger partial charge is 0.419 e. The molecule has 0 bridgehead atoms. The number of hydrogen-bond donors (Lipinski definition) is 0. The first-order valence-electron chi connectivity index (χ1n) is 6.25. The van der Waals surface area contributed by atoms with Crippen LogP contribution in [-0.2, 0) is 12.8 Å². The van der Waals surface area contributed by atoms with Crippen molar-refractivity contribution in [3.05, 3.63) is 64.7 Å². The first kappa shape index (κ1) is 15.1. The van der Waals surface area contributed by atoms with Crippen molar-refractivity contribution in [1.29, 1.82) is 0 Å². The van der Waals surface area contributed by atoms with Crippen LogP contribution in [0.5, 0.6) is 5.75 Å². The summed E-state index contributed by atoms with van der Waals surface area (Å²) in [6.07, 6.45) is -4.19. The zero-order valence-corrected chi connectivity index (χ0v) is 11.3. The van der Waals surface area contributed by atoms with Crippen LogP contribution in [0.1, 0.15) is 27.0 Å². The minimum absolute atomic E-state index is 0.0315. The van der Waals surface area contributed by atoms with E-state index in [-0.39, 0.29) is 17.9 Å². The Kier molecular flexibility index (Phi) is 4.31. The molecule has 0 aliphatic rings. The third-order valence-electron chi connectivity index (χ3n) is 2.96. The van der Waals surface area contributed by atoms with Gasteiger partial charge in [-0.1, -0.05) is 29.8 Å². The van der Waals surface area contributed by atoms with Gasteiger partial charge in [-0.3, -0.25) is 4.79 Å². The van der Waals surface area contributed by atoms with Crippen LogP contribution in [0.15, 0.2) is 42.5 Å². The second kappa shape index (κ2) is 5.99. The van der Waals surface area contributed by atoms with E-state index in [1.54, 1.807) is 12.1 Å². The molecule has 0 amide bonds. The minimum atomic E-state index is -4.57. The third kappa shape index (κ3) is 3.84. The fraction of sp³-hybridized carbons (Fsp3) is 0.188. The number of benzene rings is 2. The molecule has 0 atom stereocenters. The normalized spacial score (nSPS) is 11.2. The molecule has 0 heterocycles. The Labute approximate surface area is 120 Å². The fourth-order valence-electron chi connectivity index (χ4n) is 1.81. The maximum absolute atomic E-state index is 12.9. The zero-order valence-electron chi connectivity index (χ0n) is 11.3. The maximum Gasteiger partial charge on any atom is 0.419 e. The Bertz CT molecular complexity index is 631. The van der Waals surface area contributed by atoms with Gasteiger partial charge >= 0.3 is 6.18 Å². The fourth-order valence-corrected chi connectivity index (χ4v) is 1.81. The molecule has 0 saturated heterocycles. The molecule has 0 radical (unpaired) electrons. The molecule has 2 aromatic carbocycles. The van der Waals surface area contributed by atoms with Crippen LogP contribution in [0.3, 0.4) is 0 Å². The number of carbonyl (C=O) groups excluding carboxylic acids is 1. The monoisotopic (exact) mass is 294 g/mol. The van der Waals surface area contributed by atoms with Crippen LogP contribution in [0.2, 0.25) is 0 Å². The molecular weight excluding hydrogens is 281 g/mol. The predicted octanol–water partition coefficient (Wildman–Crippen LogP) is 4.41. The van der Waals surface area contributed by atoms with Gasteiger partial charge in [0.05, 0.1) is 5.56 Å². The molecule has 2 nitrogen and oxygen atoms in total. The Hall–Kier alpha value is -2.30. The number of rotatable bonds is 4. The van der Waals surface area contributed by atoms with Gasteiger partial charge in [-0.05, 0) is 30.7 Å². The van der Waals surface area contributed by atoms with Crippen molar-refractivity contribution in [3.8, 4) is 5.75 Å². The second-order valence-corrected chi connectivity index (χ2v) is 4.65. The van der Waals surface area contributed by atoms with Gasteiger partial charge in [0, 0.05) is 5.56 Å². The quantitative estimate of drug-likeness (QED) is 0.781. The van der Waals surface area contributed by atoms with Gasteiger partial charge in [0.25, 0.3) is 0 Å². The standard InChI is InChI=1S/C16H13F3O2/c1-11-2-4-12(5-3-11)10-21-15-7-6-13(9-20)8-14(15)16(17,18)19/h2-9H,10H2,1H3. The van der Waals surface area contributed by atoms with E-state index in [1.165, 1.54) is 12.1 Å². The highest BCUT2D eigenvalue weighted by Crippen LogP contribution is 2.37. The molecule has 0 N–H and O–H groups in total. The SMILES string of the molecule is Cc1ccc(COc2ccc(C=O)cc2C(F)(F)F)cc1. The van der Waals surface area contributed by atoms with Crippen LogP contribution in [0, 0.1) is 6.92 Å². The first-order chi connectivity index (χ1) is 9.90. The van der Waals surface area contributed by atoms with Crippen LogP contribution >= 0.6 is 0 Å². The minimum Gasteiger partial charge on any atom is -0.488 e. The van der Waals surface area contributed by atoms with Crippen molar-refractivity contribution < 1.29 is 22.7 Å². The largest absolute Gasteiger partial charge is 0.488 e. The Morgan fingerprint density at radius 3 is 2.33 bits per heavy atom. The maximum atomic E-state index is 12.9. The predicted molar refractivity (Wildman–Crippen MR) is 72.3 cm³/mol. The van der Waals surface area contributed by atoms with Gasteiger partial charge in [0.15, 0.2) is 0 Å². The van der Waals surface area contributed by atoms with Crippen molar-refractivity contribution in [2.24, 2.45) is 0 Å². The highest BCUT2D eigenvalue weighted by Gasteiger charge is 2.34. The summed E-state index contributed by atoms with van der Waals surface area (Å²) in [5.74, 6) is -0.284. The molecule has 5 heteroatoms. The first-order valence-corrected chi connectivity index (χ1v) is 6.25. The van der Waals surface area contributed by atoms with E-state index in [0.717, 1.165) is 17.2 Å². The molecule has 0 aliphatic carbocycles. The number of hydrogen-bond acceptors (Lipinski definition) is 2. The number of aryl methyl sites for hydroxylation is 1. The molecule has 0 unspecified atom stereocenters. The summed E-state index contributed by atoms with van der Waals surface area (Å²) in [7, 11) is 0. The Morgan fingerprint density at radius 1 is 1.10 bits per heavy atom. The molecule has 2 rings (SSSR count). The lowest BCUT2D eigenvalue weighted by molar-refractivity contribution is -0.139. The second-order valence-electron chi connectivity index (χ2n) is 4.65. The van der Waals surface area contributed by atoms with Crippen LogP contribution in [0.25, 0.3) is 0 Å². The molecule has 0 fully saturated rings. The number of alkyl halides is 3. The summed E-state index contributed by atoms with van der Waals surface area (Å²) in [6.45, 7) is 1.95. The molecule has 0 spiro atoms. The van der Waals surface area contributed by atoms with E-state index in [9.17, 15) is 18.0 Å². The third-order valence-corrected chi connectivity index (χ3v) is 2.96. The topological polar surface area (TPSA) is 26.3 Å². The van der Waals surface area contributed by atoms with E-state index in [1.807, 2.05) is 19.1 Å². The summed E-state index contributed by atoms with van der Waals surface area (Å²) in [4.78, 5) is 10.6.